The molecule has 0 spiro atoms. The van der Waals surface area contributed by atoms with E-state index in [-0.39, 0.29) is 35.4 Å². The molecule has 136 valence electrons. The van der Waals surface area contributed by atoms with Gasteiger partial charge < -0.3 is 20.1 Å². The van der Waals surface area contributed by atoms with Gasteiger partial charge in [0.2, 0.25) is 0 Å². The summed E-state index contributed by atoms with van der Waals surface area (Å²) in [6, 6.07) is 8.50. The van der Waals surface area contributed by atoms with Crippen LogP contribution in [0.2, 0.25) is 0 Å². The van der Waals surface area contributed by atoms with Crippen LogP contribution < -0.4 is 15.4 Å². The third-order valence-corrected chi connectivity index (χ3v) is 4.22. The fourth-order valence-corrected chi connectivity index (χ4v) is 2.82. The second kappa shape index (κ2) is 10.1. The van der Waals surface area contributed by atoms with Crippen molar-refractivity contribution in [2.45, 2.75) is 38.1 Å². The molecule has 1 aliphatic rings. The van der Waals surface area contributed by atoms with Crippen LogP contribution in [0.5, 0.6) is 5.75 Å². The molecule has 0 aromatic heterocycles. The zero-order chi connectivity index (χ0) is 16.7. The molecular formula is C18H30IN3O2. The Hall–Kier alpha value is -1.02. The number of methoxy groups -OCH3 is 2. The molecule has 0 radical (unpaired) electrons. The first-order chi connectivity index (χ1) is 11.1. The molecule has 2 rings (SSSR count). The minimum atomic E-state index is 0. The van der Waals surface area contributed by atoms with E-state index in [1.165, 1.54) is 5.56 Å². The van der Waals surface area contributed by atoms with Gasteiger partial charge in [-0.2, -0.15) is 0 Å². The predicted molar refractivity (Wildman–Crippen MR) is 110 cm³/mol. The molecule has 0 aliphatic heterocycles. The Morgan fingerprint density at radius 1 is 1.29 bits per heavy atom. The highest BCUT2D eigenvalue weighted by Crippen LogP contribution is 2.51. The Morgan fingerprint density at radius 3 is 2.58 bits per heavy atom. The molecule has 0 heterocycles. The number of hydrogen-bond donors (Lipinski definition) is 2. The zero-order valence-electron chi connectivity index (χ0n) is 15.1. The summed E-state index contributed by atoms with van der Waals surface area (Å²) in [6.07, 6.45) is 2.31. The number of halogens is 1. The van der Waals surface area contributed by atoms with Crippen molar-refractivity contribution in [3.05, 3.63) is 29.8 Å². The maximum Gasteiger partial charge on any atom is 0.191 e. The van der Waals surface area contributed by atoms with Gasteiger partial charge in [-0.1, -0.05) is 18.2 Å². The van der Waals surface area contributed by atoms with Crippen molar-refractivity contribution in [2.75, 3.05) is 33.9 Å². The number of nitrogens with zero attached hydrogens (tertiary/aromatic N) is 1. The maximum absolute atomic E-state index is 5.53. The maximum atomic E-state index is 5.53. The normalized spacial score (nSPS) is 16.8. The number of rotatable bonds is 8. The van der Waals surface area contributed by atoms with Crippen LogP contribution >= 0.6 is 24.0 Å². The van der Waals surface area contributed by atoms with Gasteiger partial charge >= 0.3 is 0 Å². The SMILES string of the molecule is CCNC(=NCC1(c2ccccc2OC)CC1)NC(C)COC.I. The molecule has 0 saturated heterocycles. The third-order valence-electron chi connectivity index (χ3n) is 4.22. The standard InChI is InChI=1S/C18H29N3O2.HI/c1-5-19-17(21-14(2)12-22-3)20-13-18(10-11-18)15-8-6-7-9-16(15)23-4;/h6-9,14H,5,10-13H2,1-4H3,(H2,19,20,21);1H. The van der Waals surface area contributed by atoms with E-state index in [0.29, 0.717) is 6.61 Å². The number of hydrogen-bond acceptors (Lipinski definition) is 3. The Bertz CT molecular complexity index is 533. The van der Waals surface area contributed by atoms with Gasteiger partial charge in [-0.05, 0) is 32.8 Å². The van der Waals surface area contributed by atoms with Crippen LogP contribution in [0.15, 0.2) is 29.3 Å². The summed E-state index contributed by atoms with van der Waals surface area (Å²) in [5.41, 5.74) is 1.39. The van der Waals surface area contributed by atoms with Gasteiger partial charge in [0.25, 0.3) is 0 Å². The fourth-order valence-electron chi connectivity index (χ4n) is 2.82. The molecule has 5 nitrogen and oxygen atoms in total. The topological polar surface area (TPSA) is 54.9 Å². The second-order valence-corrected chi connectivity index (χ2v) is 6.18. The Balaban J connectivity index is 0.00000288. The van der Waals surface area contributed by atoms with Crippen molar-refractivity contribution in [1.29, 1.82) is 0 Å². The van der Waals surface area contributed by atoms with Crippen molar-refractivity contribution in [3.63, 3.8) is 0 Å². The molecule has 0 bridgehead atoms. The number of benzene rings is 1. The summed E-state index contributed by atoms with van der Waals surface area (Å²) in [6.45, 7) is 6.42. The Labute approximate surface area is 162 Å². The molecule has 1 atom stereocenters. The number of guanidine groups is 1. The van der Waals surface area contributed by atoms with E-state index in [2.05, 4.69) is 36.6 Å². The lowest BCUT2D eigenvalue weighted by molar-refractivity contribution is 0.179. The quantitative estimate of drug-likeness (QED) is 0.366. The fraction of sp³-hybridized carbons (Fsp3) is 0.611. The van der Waals surface area contributed by atoms with Crippen LogP contribution in [0.1, 0.15) is 32.3 Å². The summed E-state index contributed by atoms with van der Waals surface area (Å²) < 4.78 is 10.7. The number of ether oxygens (including phenoxy) is 2. The number of para-hydroxylation sites is 1. The van der Waals surface area contributed by atoms with Crippen molar-refractivity contribution in [1.82, 2.24) is 10.6 Å². The Kier molecular flexibility index (Phi) is 8.83. The molecule has 6 heteroatoms. The smallest absolute Gasteiger partial charge is 0.191 e. The largest absolute Gasteiger partial charge is 0.496 e. The van der Waals surface area contributed by atoms with E-state index < -0.39 is 0 Å². The average molecular weight is 447 g/mol. The van der Waals surface area contributed by atoms with Crippen molar-refractivity contribution >= 4 is 29.9 Å². The first-order valence-electron chi connectivity index (χ1n) is 8.32. The van der Waals surface area contributed by atoms with E-state index in [4.69, 9.17) is 14.5 Å². The predicted octanol–water partition coefficient (Wildman–Crippen LogP) is 2.93. The monoisotopic (exact) mass is 447 g/mol. The lowest BCUT2D eigenvalue weighted by Crippen LogP contribution is -2.44. The van der Waals surface area contributed by atoms with Crippen LogP contribution in [-0.2, 0) is 10.2 Å². The van der Waals surface area contributed by atoms with Crippen LogP contribution in [0, 0.1) is 0 Å². The highest BCUT2D eigenvalue weighted by molar-refractivity contribution is 14.0. The van der Waals surface area contributed by atoms with Gasteiger partial charge in [-0.25, -0.2) is 0 Å². The van der Waals surface area contributed by atoms with Crippen LogP contribution in [0.25, 0.3) is 0 Å². The van der Waals surface area contributed by atoms with E-state index in [1.807, 2.05) is 12.1 Å². The third kappa shape index (κ3) is 5.51. The summed E-state index contributed by atoms with van der Waals surface area (Å²) in [5, 5.41) is 6.69. The van der Waals surface area contributed by atoms with Crippen LogP contribution in [0.3, 0.4) is 0 Å². The van der Waals surface area contributed by atoms with E-state index in [1.54, 1.807) is 14.2 Å². The van der Waals surface area contributed by atoms with E-state index >= 15 is 0 Å². The molecule has 1 unspecified atom stereocenters. The summed E-state index contributed by atoms with van der Waals surface area (Å²) in [4.78, 5) is 4.80. The highest BCUT2D eigenvalue weighted by Gasteiger charge is 2.46. The lowest BCUT2D eigenvalue weighted by atomic mass is 9.95. The summed E-state index contributed by atoms with van der Waals surface area (Å²) in [5.74, 6) is 1.81. The lowest BCUT2D eigenvalue weighted by Gasteiger charge is -2.20. The van der Waals surface area contributed by atoms with Gasteiger partial charge in [0.15, 0.2) is 5.96 Å². The molecule has 0 amide bonds. The molecule has 24 heavy (non-hydrogen) atoms. The molecule has 1 saturated carbocycles. The first-order valence-corrected chi connectivity index (χ1v) is 8.32. The Morgan fingerprint density at radius 2 is 2.00 bits per heavy atom. The average Bonchev–Trinajstić information content (AvgIpc) is 3.34. The van der Waals surface area contributed by atoms with Gasteiger partial charge in [0, 0.05) is 30.7 Å². The van der Waals surface area contributed by atoms with Gasteiger partial charge in [0.05, 0.1) is 20.3 Å². The molecule has 2 N–H and O–H groups in total. The van der Waals surface area contributed by atoms with Crippen LogP contribution in [-0.4, -0.2) is 45.9 Å². The van der Waals surface area contributed by atoms with Crippen LogP contribution in [0.4, 0.5) is 0 Å². The minimum absolute atomic E-state index is 0. The molecule has 1 aromatic rings. The molecule has 1 fully saturated rings. The van der Waals surface area contributed by atoms with E-state index in [0.717, 1.165) is 37.6 Å². The summed E-state index contributed by atoms with van der Waals surface area (Å²) in [7, 11) is 3.44. The number of aliphatic imine (C=N–C) groups is 1. The molecule has 1 aromatic carbocycles. The van der Waals surface area contributed by atoms with Crippen molar-refractivity contribution in [3.8, 4) is 5.75 Å². The summed E-state index contributed by atoms with van der Waals surface area (Å²) >= 11 is 0. The van der Waals surface area contributed by atoms with Crippen molar-refractivity contribution in [2.24, 2.45) is 4.99 Å². The zero-order valence-corrected chi connectivity index (χ0v) is 17.4. The van der Waals surface area contributed by atoms with Gasteiger partial charge in [0.1, 0.15) is 5.75 Å². The first kappa shape index (κ1) is 21.0. The molecule has 1 aliphatic carbocycles. The number of nitrogens with one attached hydrogen (secondary N) is 2. The van der Waals surface area contributed by atoms with Crippen molar-refractivity contribution < 1.29 is 9.47 Å². The second-order valence-electron chi connectivity index (χ2n) is 6.18. The minimum Gasteiger partial charge on any atom is -0.496 e. The highest BCUT2D eigenvalue weighted by atomic mass is 127. The molecular weight excluding hydrogens is 417 g/mol. The van der Waals surface area contributed by atoms with Gasteiger partial charge in [-0.3, -0.25) is 4.99 Å². The van der Waals surface area contributed by atoms with Gasteiger partial charge in [-0.15, -0.1) is 24.0 Å². The van der Waals surface area contributed by atoms with E-state index in [9.17, 15) is 0 Å².